The Labute approximate surface area is 226 Å². The number of benzene rings is 4. The van der Waals surface area contributed by atoms with E-state index in [0.717, 1.165) is 22.2 Å². The number of carbonyl (C=O) groups is 1. The molecule has 1 N–H and O–H groups in total. The summed E-state index contributed by atoms with van der Waals surface area (Å²) in [6.07, 6.45) is 1.31. The molecule has 0 saturated heterocycles. The molecule has 0 saturated carbocycles. The largest absolute Gasteiger partial charge is 0.512 e. The van der Waals surface area contributed by atoms with Gasteiger partial charge in [-0.05, 0) is 16.8 Å². The maximum atomic E-state index is 11.0. The molecule has 0 aliphatic rings. The van der Waals surface area contributed by atoms with Gasteiger partial charge in [0.25, 0.3) is 0 Å². The second-order valence-corrected chi connectivity index (χ2v) is 8.98. The van der Waals surface area contributed by atoms with Crippen molar-refractivity contribution in [3.63, 3.8) is 0 Å². The summed E-state index contributed by atoms with van der Waals surface area (Å²) in [6, 6.07) is 28.2. The van der Waals surface area contributed by atoms with Crippen molar-refractivity contribution in [2.75, 3.05) is 0 Å². The fourth-order valence-corrected chi connectivity index (χ4v) is 3.57. The number of rotatable bonds is 4. The Morgan fingerprint density at radius 1 is 0.889 bits per heavy atom. The molecule has 0 atom stereocenters. The van der Waals surface area contributed by atoms with Crippen LogP contribution in [0.15, 0.2) is 89.2 Å². The predicted molar refractivity (Wildman–Crippen MR) is 145 cm³/mol. The van der Waals surface area contributed by atoms with Crippen LogP contribution in [0.2, 0.25) is 0 Å². The minimum absolute atomic E-state index is 0. The van der Waals surface area contributed by atoms with Gasteiger partial charge in [0.15, 0.2) is 11.4 Å². The number of para-hydroxylation sites is 1. The number of fused-ring (bicyclic) bond motifs is 3. The Bertz CT molecular complexity index is 1500. The van der Waals surface area contributed by atoms with Crippen molar-refractivity contribution < 1.29 is 34.5 Å². The van der Waals surface area contributed by atoms with Crippen molar-refractivity contribution in [3.05, 3.63) is 98.1 Å². The van der Waals surface area contributed by atoms with Gasteiger partial charge in [0.05, 0.1) is 5.76 Å². The molecule has 5 rings (SSSR count). The predicted octanol–water partition coefficient (Wildman–Crippen LogP) is 8.36. The molecule has 0 amide bonds. The van der Waals surface area contributed by atoms with E-state index in [-0.39, 0.29) is 50.9 Å². The molecule has 0 aliphatic heterocycles. The first-order valence-corrected chi connectivity index (χ1v) is 11.5. The summed E-state index contributed by atoms with van der Waals surface area (Å²) in [7, 11) is 0. The average Bonchev–Trinajstić information content (AvgIpc) is 3.27. The molecule has 0 fully saturated rings. The Balaban J connectivity index is 0.000000305. The van der Waals surface area contributed by atoms with Crippen molar-refractivity contribution in [2.24, 2.45) is 11.8 Å². The third-order valence-electron chi connectivity index (χ3n) is 5.72. The average molecular weight is 658 g/mol. The molecular formula is C31H31IrNO3-2. The first-order valence-electron chi connectivity index (χ1n) is 11.5. The molecule has 36 heavy (non-hydrogen) atoms. The number of ketones is 1. The van der Waals surface area contributed by atoms with Gasteiger partial charge in [-0.3, -0.25) is 4.79 Å². The molecule has 1 aromatic heterocycles. The van der Waals surface area contributed by atoms with Crippen LogP contribution in [0.3, 0.4) is 0 Å². The summed E-state index contributed by atoms with van der Waals surface area (Å²) in [5.41, 5.74) is 2.60. The second kappa shape index (κ2) is 12.6. The zero-order valence-electron chi connectivity index (χ0n) is 21.2. The third-order valence-corrected chi connectivity index (χ3v) is 5.72. The van der Waals surface area contributed by atoms with Crippen LogP contribution in [0.1, 0.15) is 27.7 Å². The van der Waals surface area contributed by atoms with E-state index in [1.807, 2.05) is 58.0 Å². The van der Waals surface area contributed by atoms with Crippen LogP contribution >= 0.6 is 0 Å². The van der Waals surface area contributed by atoms with Gasteiger partial charge in [-0.25, -0.2) is 0 Å². The van der Waals surface area contributed by atoms with E-state index in [0.29, 0.717) is 0 Å². The molecule has 4 nitrogen and oxygen atoms in total. The normalized spacial score (nSPS) is 11.2. The molecule has 0 spiro atoms. The SMILES string of the molecule is CC(C)C(=O)/C=C(\O)C(C)C.[CH3-].[Ir].[c-]1cc2cc3ccccc3cc2cc1-c1noc2ccccc12. The second-order valence-electron chi connectivity index (χ2n) is 8.98. The molecule has 0 bridgehead atoms. The van der Waals surface area contributed by atoms with Gasteiger partial charge in [0.2, 0.25) is 0 Å². The smallest absolute Gasteiger partial charge is 0.161 e. The summed E-state index contributed by atoms with van der Waals surface area (Å²) in [6.45, 7) is 7.32. The summed E-state index contributed by atoms with van der Waals surface area (Å²) < 4.78 is 5.42. The number of allylic oxidation sites excluding steroid dienone is 2. The summed E-state index contributed by atoms with van der Waals surface area (Å²) in [4.78, 5) is 11.0. The van der Waals surface area contributed by atoms with Crippen molar-refractivity contribution in [1.82, 2.24) is 5.16 Å². The van der Waals surface area contributed by atoms with Gasteiger partial charge in [-0.2, -0.15) is 0 Å². The molecule has 189 valence electrons. The first-order chi connectivity index (χ1) is 16.3. The Kier molecular flexibility index (Phi) is 10.2. The number of aliphatic hydroxyl groups excluding tert-OH is 1. The van der Waals surface area contributed by atoms with E-state index in [2.05, 4.69) is 53.7 Å². The molecule has 5 heteroatoms. The molecule has 1 heterocycles. The summed E-state index contributed by atoms with van der Waals surface area (Å²) >= 11 is 0. The van der Waals surface area contributed by atoms with Crippen LogP contribution in [0.5, 0.6) is 0 Å². The maximum Gasteiger partial charge on any atom is 0.161 e. The monoisotopic (exact) mass is 658 g/mol. The van der Waals surface area contributed by atoms with E-state index < -0.39 is 0 Å². The van der Waals surface area contributed by atoms with Gasteiger partial charge in [-0.15, -0.1) is 34.3 Å². The van der Waals surface area contributed by atoms with E-state index in [1.165, 1.54) is 27.6 Å². The Morgan fingerprint density at radius 3 is 2.14 bits per heavy atom. The van der Waals surface area contributed by atoms with Crippen molar-refractivity contribution in [2.45, 2.75) is 27.7 Å². The quantitative estimate of drug-likeness (QED) is 0.0914. The number of aliphatic hydroxyl groups is 1. The zero-order chi connectivity index (χ0) is 24.2. The number of hydrogen-bond donors (Lipinski definition) is 1. The van der Waals surface area contributed by atoms with Gasteiger partial charge >= 0.3 is 0 Å². The van der Waals surface area contributed by atoms with Crippen molar-refractivity contribution in [3.8, 4) is 11.3 Å². The Hall–Kier alpha value is -3.27. The van der Waals surface area contributed by atoms with Crippen LogP contribution in [-0.2, 0) is 24.9 Å². The van der Waals surface area contributed by atoms with Gasteiger partial charge in [0.1, 0.15) is 0 Å². The Morgan fingerprint density at radius 2 is 1.50 bits per heavy atom. The fourth-order valence-electron chi connectivity index (χ4n) is 3.57. The van der Waals surface area contributed by atoms with E-state index >= 15 is 0 Å². The van der Waals surface area contributed by atoms with E-state index in [9.17, 15) is 9.90 Å². The van der Waals surface area contributed by atoms with E-state index in [1.54, 1.807) is 0 Å². The van der Waals surface area contributed by atoms with Crippen molar-refractivity contribution >= 4 is 38.3 Å². The van der Waals surface area contributed by atoms with Gasteiger partial charge < -0.3 is 17.1 Å². The van der Waals surface area contributed by atoms with Crippen LogP contribution in [0, 0.1) is 25.3 Å². The summed E-state index contributed by atoms with van der Waals surface area (Å²) in [5, 5.41) is 19.3. The number of aromatic nitrogens is 1. The molecular weight excluding hydrogens is 627 g/mol. The van der Waals surface area contributed by atoms with Gasteiger partial charge in [0, 0.05) is 49.1 Å². The number of carbonyl (C=O) groups excluding carboxylic acids is 1. The zero-order valence-corrected chi connectivity index (χ0v) is 23.6. The third kappa shape index (κ3) is 6.48. The minimum Gasteiger partial charge on any atom is -0.512 e. The number of hydrogen-bond acceptors (Lipinski definition) is 4. The van der Waals surface area contributed by atoms with Crippen molar-refractivity contribution in [1.29, 1.82) is 0 Å². The first kappa shape index (κ1) is 29.0. The minimum atomic E-state index is -0.0316. The molecule has 5 aromatic rings. The maximum absolute atomic E-state index is 11.0. The number of nitrogens with zero attached hydrogens (tertiary/aromatic N) is 1. The van der Waals surface area contributed by atoms with Crippen LogP contribution < -0.4 is 0 Å². The summed E-state index contributed by atoms with van der Waals surface area (Å²) in [5.74, 6) is 0.161. The molecule has 0 aliphatic carbocycles. The molecule has 4 aromatic carbocycles. The van der Waals surface area contributed by atoms with E-state index in [4.69, 9.17) is 4.52 Å². The van der Waals surface area contributed by atoms with Crippen LogP contribution in [0.4, 0.5) is 0 Å². The molecule has 1 radical (unpaired) electrons. The standard InChI is InChI=1S/C21H12NO.C9H16O2.CH3.Ir/c1-2-6-15-12-18-13-17(10-9-16(18)11-14(15)5-1)21-19-7-3-4-8-20(19)23-22-21;1-6(2)8(10)5-9(11)7(3)4;;/h1-9,11-13H;5-7,10H,1-4H3;1H3;/q-1;;-1;/b;8-5-;;. The fraction of sp³-hybridized carbons (Fsp3) is 0.194. The molecule has 0 unspecified atom stereocenters. The van der Waals surface area contributed by atoms with Crippen LogP contribution in [0.25, 0.3) is 43.8 Å². The van der Waals surface area contributed by atoms with Crippen LogP contribution in [-0.4, -0.2) is 16.0 Å². The topological polar surface area (TPSA) is 63.3 Å². The van der Waals surface area contributed by atoms with Gasteiger partial charge in [-0.1, -0.05) is 87.7 Å².